The fourth-order valence-electron chi connectivity index (χ4n) is 3.67. The average molecular weight is 371 g/mol. The van der Waals surface area contributed by atoms with Gasteiger partial charge in [0.2, 0.25) is 5.91 Å². The van der Waals surface area contributed by atoms with Crippen molar-refractivity contribution in [3.63, 3.8) is 0 Å². The minimum atomic E-state index is -0.0840. The second-order valence-corrected chi connectivity index (χ2v) is 7.18. The van der Waals surface area contributed by atoms with E-state index in [0.717, 1.165) is 38.4 Å². The maximum absolute atomic E-state index is 12.8. The van der Waals surface area contributed by atoms with E-state index in [4.69, 9.17) is 0 Å². The Morgan fingerprint density at radius 2 is 2.04 bits per heavy atom. The van der Waals surface area contributed by atoms with Gasteiger partial charge < -0.3 is 14.8 Å². The molecule has 0 aliphatic carbocycles. The first-order valence-corrected chi connectivity index (χ1v) is 9.40. The zero-order valence-electron chi connectivity index (χ0n) is 15.6. The van der Waals surface area contributed by atoms with Gasteiger partial charge in [-0.3, -0.25) is 19.2 Å². The Bertz CT molecular complexity index is 815. The van der Waals surface area contributed by atoms with Crippen LogP contribution in [0.25, 0.3) is 0 Å². The van der Waals surface area contributed by atoms with Crippen LogP contribution in [0.4, 0.5) is 0 Å². The normalized spacial score (nSPS) is 18.6. The van der Waals surface area contributed by atoms with Crippen molar-refractivity contribution in [2.24, 2.45) is 7.05 Å². The highest BCUT2D eigenvalue weighted by atomic mass is 16.2. The monoisotopic (exact) mass is 371 g/mol. The Labute approximate surface area is 157 Å². The van der Waals surface area contributed by atoms with E-state index in [-0.39, 0.29) is 11.8 Å². The van der Waals surface area contributed by atoms with Crippen LogP contribution in [0, 0.1) is 0 Å². The number of amides is 2. The first-order chi connectivity index (χ1) is 13.1. The number of nitrogens with one attached hydrogen (secondary N) is 1. The number of hydrogen-bond acceptors (Lipinski definition) is 5. The number of hydrogen-bond donors (Lipinski definition) is 1. The van der Waals surface area contributed by atoms with Crippen LogP contribution in [-0.2, 0) is 31.4 Å². The summed E-state index contributed by atoms with van der Waals surface area (Å²) in [6.07, 6.45) is 6.98. The van der Waals surface area contributed by atoms with Gasteiger partial charge in [0.25, 0.3) is 5.91 Å². The lowest BCUT2D eigenvalue weighted by molar-refractivity contribution is -0.120. The fourth-order valence-corrected chi connectivity index (χ4v) is 3.67. The lowest BCUT2D eigenvalue weighted by Gasteiger charge is -2.19. The largest absolute Gasteiger partial charge is 0.354 e. The summed E-state index contributed by atoms with van der Waals surface area (Å²) in [5.41, 5.74) is 1.69. The average Bonchev–Trinajstić information content (AvgIpc) is 3.12. The number of carbonyl (C=O) groups excluding carboxylic acids is 2. The molecule has 1 N–H and O–H groups in total. The van der Waals surface area contributed by atoms with Crippen molar-refractivity contribution < 1.29 is 9.59 Å². The molecule has 2 amide bonds. The molecule has 1 fully saturated rings. The molecule has 0 saturated carbocycles. The first kappa shape index (κ1) is 17.7. The molecule has 0 unspecified atom stereocenters. The summed E-state index contributed by atoms with van der Waals surface area (Å²) >= 11 is 0. The van der Waals surface area contributed by atoms with Crippen LogP contribution < -0.4 is 5.32 Å². The molecule has 9 heteroatoms. The van der Waals surface area contributed by atoms with Gasteiger partial charge in [-0.1, -0.05) is 0 Å². The topological polar surface area (TPSA) is 88.3 Å². The van der Waals surface area contributed by atoms with Crippen molar-refractivity contribution in [1.82, 2.24) is 34.4 Å². The van der Waals surface area contributed by atoms with Crippen molar-refractivity contribution in [1.29, 1.82) is 0 Å². The lowest BCUT2D eigenvalue weighted by Crippen LogP contribution is -2.34. The Morgan fingerprint density at radius 1 is 1.15 bits per heavy atom. The van der Waals surface area contributed by atoms with E-state index in [0.29, 0.717) is 31.7 Å². The second kappa shape index (κ2) is 7.51. The van der Waals surface area contributed by atoms with Crippen molar-refractivity contribution in [3.05, 3.63) is 35.7 Å². The smallest absolute Gasteiger partial charge is 0.274 e. The summed E-state index contributed by atoms with van der Waals surface area (Å²) in [6.45, 7) is 4.99. The predicted octanol–water partition coefficient (Wildman–Crippen LogP) is -0.363. The molecule has 0 aromatic carbocycles. The van der Waals surface area contributed by atoms with Crippen LogP contribution in [0.2, 0.25) is 0 Å². The van der Waals surface area contributed by atoms with E-state index in [1.54, 1.807) is 4.90 Å². The van der Waals surface area contributed by atoms with Crippen molar-refractivity contribution >= 4 is 11.8 Å². The minimum absolute atomic E-state index is 0.000343. The minimum Gasteiger partial charge on any atom is -0.354 e. The molecule has 27 heavy (non-hydrogen) atoms. The quantitative estimate of drug-likeness (QED) is 0.796. The molecule has 2 aliphatic heterocycles. The van der Waals surface area contributed by atoms with Gasteiger partial charge in [0.1, 0.15) is 11.5 Å². The van der Waals surface area contributed by atoms with E-state index in [1.807, 2.05) is 30.3 Å². The molecule has 4 heterocycles. The van der Waals surface area contributed by atoms with Gasteiger partial charge in [-0.25, -0.2) is 4.98 Å². The fraction of sp³-hybridized carbons (Fsp3) is 0.556. The molecule has 0 atom stereocenters. The summed E-state index contributed by atoms with van der Waals surface area (Å²) in [5, 5.41) is 7.02. The van der Waals surface area contributed by atoms with Crippen LogP contribution in [0.15, 0.2) is 18.6 Å². The Morgan fingerprint density at radius 3 is 2.85 bits per heavy atom. The van der Waals surface area contributed by atoms with Gasteiger partial charge in [-0.05, 0) is 0 Å². The van der Waals surface area contributed by atoms with Crippen molar-refractivity contribution in [3.8, 4) is 0 Å². The molecule has 0 bridgehead atoms. The van der Waals surface area contributed by atoms with E-state index in [1.165, 1.54) is 5.56 Å². The van der Waals surface area contributed by atoms with Gasteiger partial charge in [0, 0.05) is 83.7 Å². The highest BCUT2D eigenvalue weighted by molar-refractivity contribution is 5.92. The van der Waals surface area contributed by atoms with Crippen LogP contribution >= 0.6 is 0 Å². The van der Waals surface area contributed by atoms with Crippen LogP contribution in [0.1, 0.15) is 28.3 Å². The van der Waals surface area contributed by atoms with Gasteiger partial charge in [0.05, 0.1) is 6.20 Å². The summed E-state index contributed by atoms with van der Waals surface area (Å²) in [7, 11) is 1.93. The van der Waals surface area contributed by atoms with Gasteiger partial charge in [-0.15, -0.1) is 0 Å². The van der Waals surface area contributed by atoms with E-state index in [2.05, 4.69) is 24.9 Å². The summed E-state index contributed by atoms with van der Waals surface area (Å²) in [5.74, 6) is 0.870. The molecule has 2 aliphatic rings. The number of carbonyl (C=O) groups is 2. The number of imidazole rings is 1. The summed E-state index contributed by atoms with van der Waals surface area (Å²) < 4.78 is 3.92. The van der Waals surface area contributed by atoms with Gasteiger partial charge in [-0.2, -0.15) is 5.10 Å². The van der Waals surface area contributed by atoms with E-state index in [9.17, 15) is 9.59 Å². The SMILES string of the molecule is Cn1cc(CN2CCc3nc(C(=O)N4CCNC(=O)CC4)cn3CC2)cn1. The zero-order chi connectivity index (χ0) is 18.8. The van der Waals surface area contributed by atoms with E-state index >= 15 is 0 Å². The molecule has 1 saturated heterocycles. The molecule has 2 aromatic heterocycles. The van der Waals surface area contributed by atoms with Crippen LogP contribution in [0.3, 0.4) is 0 Å². The number of fused-ring (bicyclic) bond motifs is 1. The standard InChI is InChI=1S/C18H25N7O2/c1-22-11-14(10-20-22)12-23-5-2-16-21-15(13-25(16)9-8-23)18(27)24-6-3-17(26)19-4-7-24/h10-11,13H,2-9,12H2,1H3,(H,19,26). The third-order valence-electron chi connectivity index (χ3n) is 5.15. The second-order valence-electron chi connectivity index (χ2n) is 7.18. The third-order valence-corrected chi connectivity index (χ3v) is 5.15. The molecule has 144 valence electrons. The lowest BCUT2D eigenvalue weighted by atomic mass is 10.3. The Balaban J connectivity index is 1.39. The molecule has 9 nitrogen and oxygen atoms in total. The summed E-state index contributed by atoms with van der Waals surface area (Å²) in [6, 6.07) is 0. The zero-order valence-corrected chi connectivity index (χ0v) is 15.6. The van der Waals surface area contributed by atoms with Gasteiger partial charge in [0.15, 0.2) is 0 Å². The Kier molecular flexibility index (Phi) is 4.93. The molecular formula is C18H25N7O2. The first-order valence-electron chi connectivity index (χ1n) is 9.40. The highest BCUT2D eigenvalue weighted by Crippen LogP contribution is 2.14. The van der Waals surface area contributed by atoms with Crippen molar-refractivity contribution in [2.75, 3.05) is 32.7 Å². The Hall–Kier alpha value is -2.68. The van der Waals surface area contributed by atoms with Crippen LogP contribution in [-0.4, -0.2) is 73.7 Å². The molecule has 0 spiro atoms. The molecule has 0 radical (unpaired) electrons. The van der Waals surface area contributed by atoms with Gasteiger partial charge >= 0.3 is 0 Å². The third kappa shape index (κ3) is 4.02. The maximum atomic E-state index is 12.8. The van der Waals surface area contributed by atoms with E-state index < -0.39 is 0 Å². The molecule has 4 rings (SSSR count). The number of nitrogens with zero attached hydrogens (tertiary/aromatic N) is 6. The maximum Gasteiger partial charge on any atom is 0.274 e. The molecular weight excluding hydrogens is 346 g/mol. The predicted molar refractivity (Wildman–Crippen MR) is 97.9 cm³/mol. The number of rotatable bonds is 3. The molecule has 2 aromatic rings. The number of aromatic nitrogens is 4. The number of aryl methyl sites for hydroxylation is 1. The van der Waals surface area contributed by atoms with Crippen LogP contribution in [0.5, 0.6) is 0 Å². The highest BCUT2D eigenvalue weighted by Gasteiger charge is 2.24. The summed E-state index contributed by atoms with van der Waals surface area (Å²) in [4.78, 5) is 32.9. The van der Waals surface area contributed by atoms with Crippen molar-refractivity contribution in [2.45, 2.75) is 25.9 Å².